The Balaban J connectivity index is 0.00000192. The van der Waals surface area contributed by atoms with E-state index in [1.165, 1.54) is 0 Å². The summed E-state index contributed by atoms with van der Waals surface area (Å²) in [6.45, 7) is 1.75. The zero-order chi connectivity index (χ0) is 15.5. The van der Waals surface area contributed by atoms with E-state index < -0.39 is 6.09 Å². The van der Waals surface area contributed by atoms with E-state index in [1.54, 1.807) is 13.1 Å². The zero-order valence-corrected chi connectivity index (χ0v) is 17.1. The number of rotatable bonds is 3. The van der Waals surface area contributed by atoms with E-state index in [0.29, 0.717) is 5.69 Å². The molecule has 0 aliphatic heterocycles. The van der Waals surface area contributed by atoms with Crippen molar-refractivity contribution in [1.29, 1.82) is 0 Å². The molecule has 2 N–H and O–H groups in total. The maximum absolute atomic E-state index is 10.7. The molecule has 126 valence electrons. The summed E-state index contributed by atoms with van der Waals surface area (Å²) in [6.07, 6.45) is 0.646. The number of aromatic nitrogens is 2. The van der Waals surface area contributed by atoms with Gasteiger partial charge in [-0.15, -0.1) is 0 Å². The molecule has 0 saturated carbocycles. The second-order valence-corrected chi connectivity index (χ2v) is 5.04. The van der Waals surface area contributed by atoms with Crippen molar-refractivity contribution >= 4 is 40.0 Å². The molecule has 0 aliphatic carbocycles. The second kappa shape index (κ2) is 10.3. The maximum atomic E-state index is 10.7. The van der Waals surface area contributed by atoms with E-state index in [1.807, 2.05) is 48.5 Å². The first kappa shape index (κ1) is 23.3. The van der Waals surface area contributed by atoms with Gasteiger partial charge < -0.3 is 34.8 Å². The molecule has 0 bridgehead atoms. The molecule has 2 heterocycles. The molecule has 1 atom stereocenters. The molecule has 2 aromatic heterocycles. The summed E-state index contributed by atoms with van der Waals surface area (Å²) in [5, 5.41) is 12.1. The van der Waals surface area contributed by atoms with Crippen LogP contribution in [0.1, 0.15) is 18.7 Å². The summed E-state index contributed by atoms with van der Waals surface area (Å²) >= 11 is 0. The van der Waals surface area contributed by atoms with E-state index in [2.05, 4.69) is 15.3 Å². The van der Waals surface area contributed by atoms with Crippen molar-refractivity contribution < 1.29 is 26.9 Å². The molecule has 0 radical (unpaired) electrons. The van der Waals surface area contributed by atoms with Gasteiger partial charge in [0.15, 0.2) is 0 Å². The minimum Gasteiger partial charge on any atom is -1.00 e. The van der Waals surface area contributed by atoms with Crippen molar-refractivity contribution in [1.82, 2.24) is 15.3 Å². The number of hydrogen-bond acceptors (Lipinski definition) is 3. The third-order valence-electron chi connectivity index (χ3n) is 3.45. The first-order chi connectivity index (χ1) is 10.6. The van der Waals surface area contributed by atoms with Gasteiger partial charge in [-0.25, -0.2) is 9.78 Å². The average molecular weight is 413 g/mol. The van der Waals surface area contributed by atoms with Crippen molar-refractivity contribution in [3.8, 4) is 11.3 Å². The van der Waals surface area contributed by atoms with Crippen LogP contribution in [0.25, 0.3) is 22.2 Å². The fourth-order valence-electron chi connectivity index (χ4n) is 2.30. The Hall–Kier alpha value is -1.70. The van der Waals surface area contributed by atoms with Crippen molar-refractivity contribution in [3.63, 3.8) is 0 Å². The summed E-state index contributed by atoms with van der Waals surface area (Å²) in [4.78, 5) is 19.7. The van der Waals surface area contributed by atoms with Gasteiger partial charge in [0.2, 0.25) is 0 Å². The summed E-state index contributed by atoms with van der Waals surface area (Å²) < 4.78 is 0. The van der Waals surface area contributed by atoms with Gasteiger partial charge in [-0.3, -0.25) is 4.98 Å². The Morgan fingerprint density at radius 2 is 1.84 bits per heavy atom. The van der Waals surface area contributed by atoms with E-state index in [4.69, 9.17) is 5.11 Å². The number of carbonyl (C=O) groups is 1. The smallest absolute Gasteiger partial charge is 1.00 e. The molecule has 1 amide bonds. The largest absolute Gasteiger partial charge is 2.00 e. The fourth-order valence-corrected chi connectivity index (χ4v) is 2.30. The number of pyridine rings is 2. The number of nitrogens with zero attached hydrogens (tertiary/aromatic N) is 2. The second-order valence-electron chi connectivity index (χ2n) is 5.04. The van der Waals surface area contributed by atoms with E-state index >= 15 is 0 Å². The Labute approximate surface area is 173 Å². The fraction of sp³-hybridized carbons (Fsp3) is 0.111. The molecule has 3 rings (SSSR count). The Bertz CT molecular complexity index is 831. The standard InChI is InChI=1S/C17H15N3O2.CH3.BrH.Mg/c1-11(19-17(21)22)15-9-16-13(10-18-15)7-8-14(20-16)12-5-3-2-4-6-12;;;/h2-11,19H,1H3,(H,21,22);1H3;1H;/q;-1;;+2/p-1. The zero-order valence-electron chi connectivity index (χ0n) is 14.1. The van der Waals surface area contributed by atoms with E-state index in [0.717, 1.165) is 22.2 Å². The van der Waals surface area contributed by atoms with Crippen LogP contribution in [0, 0.1) is 7.43 Å². The monoisotopic (exact) mass is 411 g/mol. The summed E-state index contributed by atoms with van der Waals surface area (Å²) in [5.74, 6) is 0. The number of amides is 1. The predicted molar refractivity (Wildman–Crippen MR) is 96.7 cm³/mol. The van der Waals surface area contributed by atoms with Gasteiger partial charge in [0.05, 0.1) is 22.9 Å². The molecule has 0 spiro atoms. The Morgan fingerprint density at radius 3 is 2.48 bits per heavy atom. The summed E-state index contributed by atoms with van der Waals surface area (Å²) in [7, 11) is 0. The van der Waals surface area contributed by atoms with Crippen LogP contribution in [0.15, 0.2) is 54.7 Å². The predicted octanol–water partition coefficient (Wildman–Crippen LogP) is 0.699. The molecule has 7 heteroatoms. The number of carboxylic acid groups (broad SMARTS) is 1. The van der Waals surface area contributed by atoms with Gasteiger partial charge in [-0.2, -0.15) is 0 Å². The Morgan fingerprint density at radius 1 is 1.16 bits per heavy atom. The normalized spacial score (nSPS) is 10.6. The van der Waals surface area contributed by atoms with Crippen LogP contribution in [0.5, 0.6) is 0 Å². The molecular formula is C18H18BrMgN3O2. The number of halogens is 1. The number of hydrogen-bond donors (Lipinski definition) is 2. The molecule has 0 fully saturated rings. The van der Waals surface area contributed by atoms with Gasteiger partial charge in [-0.05, 0) is 25.1 Å². The topological polar surface area (TPSA) is 75.1 Å². The summed E-state index contributed by atoms with van der Waals surface area (Å²) in [5.41, 5.74) is 3.36. The van der Waals surface area contributed by atoms with Crippen molar-refractivity contribution in [2.45, 2.75) is 13.0 Å². The molecule has 0 aliphatic rings. The van der Waals surface area contributed by atoms with Gasteiger partial charge in [0.25, 0.3) is 0 Å². The molecule has 3 aromatic rings. The van der Waals surface area contributed by atoms with Crippen molar-refractivity contribution in [2.75, 3.05) is 0 Å². The van der Waals surface area contributed by atoms with Crippen molar-refractivity contribution in [3.05, 3.63) is 67.8 Å². The third-order valence-corrected chi connectivity index (χ3v) is 3.45. The van der Waals surface area contributed by atoms with Crippen LogP contribution in [-0.4, -0.2) is 44.2 Å². The minimum absolute atomic E-state index is 0. The van der Waals surface area contributed by atoms with Crippen LogP contribution in [0.3, 0.4) is 0 Å². The number of fused-ring (bicyclic) bond motifs is 1. The molecule has 0 saturated heterocycles. The van der Waals surface area contributed by atoms with Gasteiger partial charge in [0.1, 0.15) is 0 Å². The number of nitrogens with one attached hydrogen (secondary N) is 1. The third kappa shape index (κ3) is 5.66. The first-order valence-electron chi connectivity index (χ1n) is 6.95. The van der Waals surface area contributed by atoms with Crippen LogP contribution in [-0.2, 0) is 0 Å². The summed E-state index contributed by atoms with van der Waals surface area (Å²) in [6, 6.07) is 15.3. The first-order valence-corrected chi connectivity index (χ1v) is 6.95. The molecule has 1 aromatic carbocycles. The molecule has 25 heavy (non-hydrogen) atoms. The average Bonchev–Trinajstić information content (AvgIpc) is 2.54. The van der Waals surface area contributed by atoms with Crippen LogP contribution in [0.2, 0.25) is 0 Å². The van der Waals surface area contributed by atoms with Crippen molar-refractivity contribution in [2.24, 2.45) is 0 Å². The van der Waals surface area contributed by atoms with E-state index in [-0.39, 0.29) is 53.5 Å². The Kier molecular flexibility index (Phi) is 9.62. The maximum Gasteiger partial charge on any atom is 2.00 e. The molecule has 1 unspecified atom stereocenters. The minimum atomic E-state index is -1.07. The van der Waals surface area contributed by atoms with Crippen LogP contribution < -0.4 is 22.3 Å². The van der Waals surface area contributed by atoms with Crippen LogP contribution >= 0.6 is 0 Å². The van der Waals surface area contributed by atoms with Crippen LogP contribution in [0.4, 0.5) is 4.79 Å². The number of benzene rings is 1. The SMILES string of the molecule is CC(NC(=O)O)c1cc2nc(-c3ccccc3)ccc2cn1.[Br-].[CH3-].[Mg+2]. The van der Waals surface area contributed by atoms with Gasteiger partial charge in [-0.1, -0.05) is 30.3 Å². The molecule has 5 nitrogen and oxygen atoms in total. The quantitative estimate of drug-likeness (QED) is 0.491. The van der Waals surface area contributed by atoms with E-state index in [9.17, 15) is 4.79 Å². The van der Waals surface area contributed by atoms with Gasteiger partial charge in [0, 0.05) is 17.1 Å². The molecular weight excluding hydrogens is 394 g/mol. The van der Waals surface area contributed by atoms with Gasteiger partial charge >= 0.3 is 29.1 Å².